The van der Waals surface area contributed by atoms with Crippen LogP contribution in [0.25, 0.3) is 10.9 Å². The summed E-state index contributed by atoms with van der Waals surface area (Å²) in [5.41, 5.74) is 1.85. The van der Waals surface area contributed by atoms with E-state index in [1.165, 1.54) is 27.0 Å². The number of halogens is 1. The van der Waals surface area contributed by atoms with Gasteiger partial charge in [-0.3, -0.25) is 9.59 Å². The molecule has 25 heavy (non-hydrogen) atoms. The van der Waals surface area contributed by atoms with Gasteiger partial charge in [-0.15, -0.1) is 0 Å². The number of carbonyl (C=O) groups excluding carboxylic acids is 2. The van der Waals surface area contributed by atoms with Gasteiger partial charge in [-0.05, 0) is 18.1 Å². The second-order valence-corrected chi connectivity index (χ2v) is 6.28. The zero-order valence-electron chi connectivity index (χ0n) is 15.2. The van der Waals surface area contributed by atoms with Gasteiger partial charge in [0.25, 0.3) is 0 Å². The van der Waals surface area contributed by atoms with Gasteiger partial charge >= 0.3 is 0 Å². The van der Waals surface area contributed by atoms with Crippen LogP contribution in [-0.2, 0) is 4.79 Å². The number of unbranched alkanes of at least 4 members (excludes halogenated alkanes) is 1. The van der Waals surface area contributed by atoms with Gasteiger partial charge < -0.3 is 15.0 Å². The third-order valence-corrected chi connectivity index (χ3v) is 4.38. The quantitative estimate of drug-likeness (QED) is 0.710. The lowest BCUT2D eigenvalue weighted by atomic mass is 9.90. The minimum absolute atomic E-state index is 0.0355. The predicted molar refractivity (Wildman–Crippen MR) is 95.8 cm³/mol. The first kappa shape index (κ1) is 19.0. The molecule has 0 aliphatic rings. The fraction of sp³-hybridized carbons (Fsp3) is 0.474. The Morgan fingerprint density at radius 2 is 2.04 bits per heavy atom. The van der Waals surface area contributed by atoms with Crippen LogP contribution in [0.5, 0.6) is 5.75 Å². The molecule has 1 unspecified atom stereocenters. The van der Waals surface area contributed by atoms with Crippen molar-refractivity contribution in [3.63, 3.8) is 0 Å². The first-order chi connectivity index (χ1) is 11.9. The Morgan fingerprint density at radius 3 is 2.60 bits per heavy atom. The van der Waals surface area contributed by atoms with E-state index >= 15 is 0 Å². The molecule has 136 valence electrons. The summed E-state index contributed by atoms with van der Waals surface area (Å²) in [4.78, 5) is 26.6. The molecular formula is C19H25FN2O3. The summed E-state index contributed by atoms with van der Waals surface area (Å²) in [7, 11) is 1.41. The molecule has 2 rings (SSSR count). The van der Waals surface area contributed by atoms with Gasteiger partial charge in [0.2, 0.25) is 5.91 Å². The maximum atomic E-state index is 14.0. The second kappa shape index (κ2) is 8.14. The number of H-pyrrole nitrogens is 1. The maximum absolute atomic E-state index is 14.0. The topological polar surface area (TPSA) is 71.2 Å². The Labute approximate surface area is 146 Å². The summed E-state index contributed by atoms with van der Waals surface area (Å²) in [6.07, 6.45) is 2.79. The van der Waals surface area contributed by atoms with Crippen molar-refractivity contribution in [2.24, 2.45) is 0 Å². The summed E-state index contributed by atoms with van der Waals surface area (Å²) in [6, 6.07) is 2.97. The Bertz CT molecular complexity index is 783. The van der Waals surface area contributed by atoms with Crippen LogP contribution in [0, 0.1) is 5.82 Å². The summed E-state index contributed by atoms with van der Waals surface area (Å²) in [6.45, 7) is 5.48. The number of nitrogens with one attached hydrogen (secondary N) is 2. The van der Waals surface area contributed by atoms with Gasteiger partial charge in [-0.25, -0.2) is 4.39 Å². The highest BCUT2D eigenvalue weighted by atomic mass is 19.1. The molecule has 0 saturated carbocycles. The van der Waals surface area contributed by atoms with Crippen LogP contribution in [-0.4, -0.2) is 30.3 Å². The number of hydrogen-bond acceptors (Lipinski definition) is 3. The van der Waals surface area contributed by atoms with Crippen LogP contribution in [0.3, 0.4) is 0 Å². The monoisotopic (exact) mass is 348 g/mol. The normalized spacial score (nSPS) is 12.2. The van der Waals surface area contributed by atoms with Gasteiger partial charge in [-0.1, -0.05) is 19.8 Å². The van der Waals surface area contributed by atoms with E-state index in [4.69, 9.17) is 4.74 Å². The molecule has 2 N–H and O–H groups in total. The van der Waals surface area contributed by atoms with Crippen molar-refractivity contribution in [2.45, 2.75) is 46.0 Å². The molecular weight excluding hydrogens is 323 g/mol. The largest absolute Gasteiger partial charge is 0.494 e. The van der Waals surface area contributed by atoms with Crippen LogP contribution in [0.15, 0.2) is 12.1 Å². The lowest BCUT2D eigenvalue weighted by Gasteiger charge is -2.18. The number of hydrogen-bond donors (Lipinski definition) is 2. The molecule has 0 spiro atoms. The summed E-state index contributed by atoms with van der Waals surface area (Å²) in [5.74, 6) is -0.614. The predicted octanol–water partition coefficient (Wildman–Crippen LogP) is 3.93. The molecule has 0 saturated heterocycles. The molecule has 1 heterocycles. The van der Waals surface area contributed by atoms with Gasteiger partial charge in [-0.2, -0.15) is 0 Å². The Kier molecular flexibility index (Phi) is 6.17. The van der Waals surface area contributed by atoms with Crippen molar-refractivity contribution in [2.75, 3.05) is 13.7 Å². The second-order valence-electron chi connectivity index (χ2n) is 6.28. The smallest absolute Gasteiger partial charge is 0.216 e. The number of carbonyl (C=O) groups is 2. The standard InChI is InChI=1S/C19H25FN2O3/c1-5-6-7-13(10-21-12(3)24)18-14-8-17(25-4)15(20)9-16(14)22-19(18)11(2)23/h8-9,13,22H,5-7,10H2,1-4H3,(H,21,24). The number of fused-ring (bicyclic) bond motifs is 1. The number of rotatable bonds is 8. The molecule has 1 atom stereocenters. The van der Waals surface area contributed by atoms with Crippen LogP contribution in [0.1, 0.15) is 62.0 Å². The van der Waals surface area contributed by atoms with Crippen LogP contribution < -0.4 is 10.1 Å². The lowest BCUT2D eigenvalue weighted by molar-refractivity contribution is -0.119. The number of aromatic nitrogens is 1. The molecule has 2 aromatic rings. The highest BCUT2D eigenvalue weighted by Gasteiger charge is 2.24. The third kappa shape index (κ3) is 4.18. The van der Waals surface area contributed by atoms with Gasteiger partial charge in [0.05, 0.1) is 12.8 Å². The summed E-state index contributed by atoms with van der Waals surface area (Å²) >= 11 is 0. The SMILES string of the molecule is CCCCC(CNC(C)=O)c1c(C(C)=O)[nH]c2cc(F)c(OC)cc12. The van der Waals surface area contributed by atoms with Crippen molar-refractivity contribution in [1.29, 1.82) is 0 Å². The summed E-state index contributed by atoms with van der Waals surface area (Å²) < 4.78 is 19.1. The molecule has 5 nitrogen and oxygen atoms in total. The average molecular weight is 348 g/mol. The average Bonchev–Trinajstić information content (AvgIpc) is 2.92. The number of ether oxygens (including phenoxy) is 1. The van der Waals surface area contributed by atoms with Crippen LogP contribution in [0.4, 0.5) is 4.39 Å². The molecule has 1 aromatic carbocycles. The Balaban J connectivity index is 2.61. The number of benzene rings is 1. The molecule has 1 amide bonds. The van der Waals surface area contributed by atoms with Crippen molar-refractivity contribution < 1.29 is 18.7 Å². The van der Waals surface area contributed by atoms with Gasteiger partial charge in [0, 0.05) is 43.3 Å². The van der Waals surface area contributed by atoms with Crippen LogP contribution in [0.2, 0.25) is 0 Å². The molecule has 6 heteroatoms. The zero-order valence-corrected chi connectivity index (χ0v) is 15.2. The number of aromatic amines is 1. The number of Topliss-reactive ketones (excluding diaryl/α,β-unsaturated/α-hetero) is 1. The van der Waals surface area contributed by atoms with E-state index in [-0.39, 0.29) is 23.4 Å². The fourth-order valence-electron chi connectivity index (χ4n) is 3.14. The van der Waals surface area contributed by atoms with Gasteiger partial charge in [0.1, 0.15) is 0 Å². The van der Waals surface area contributed by atoms with E-state index in [0.29, 0.717) is 17.8 Å². The van der Waals surface area contributed by atoms with E-state index in [9.17, 15) is 14.0 Å². The van der Waals surface area contributed by atoms with E-state index in [1.807, 2.05) is 0 Å². The molecule has 0 aliphatic carbocycles. The van der Waals surface area contributed by atoms with Gasteiger partial charge in [0.15, 0.2) is 17.3 Å². The minimum atomic E-state index is -0.482. The minimum Gasteiger partial charge on any atom is -0.494 e. The highest BCUT2D eigenvalue weighted by molar-refractivity contribution is 6.01. The van der Waals surface area contributed by atoms with E-state index < -0.39 is 5.82 Å². The zero-order chi connectivity index (χ0) is 18.6. The van der Waals surface area contributed by atoms with E-state index in [0.717, 1.165) is 30.2 Å². The van der Waals surface area contributed by atoms with Crippen molar-refractivity contribution >= 4 is 22.6 Å². The van der Waals surface area contributed by atoms with Crippen molar-refractivity contribution in [3.05, 3.63) is 29.2 Å². The fourth-order valence-corrected chi connectivity index (χ4v) is 3.14. The maximum Gasteiger partial charge on any atom is 0.216 e. The molecule has 1 aromatic heterocycles. The number of ketones is 1. The number of methoxy groups -OCH3 is 1. The lowest BCUT2D eigenvalue weighted by Crippen LogP contribution is -2.26. The number of amides is 1. The summed E-state index contributed by atoms with van der Waals surface area (Å²) in [5, 5.41) is 3.60. The third-order valence-electron chi connectivity index (χ3n) is 4.38. The van der Waals surface area contributed by atoms with E-state index in [2.05, 4.69) is 17.2 Å². The van der Waals surface area contributed by atoms with Crippen molar-refractivity contribution in [3.8, 4) is 5.75 Å². The molecule has 0 radical (unpaired) electrons. The van der Waals surface area contributed by atoms with E-state index in [1.54, 1.807) is 6.07 Å². The molecule has 0 aliphatic heterocycles. The first-order valence-electron chi connectivity index (χ1n) is 8.53. The Morgan fingerprint density at radius 1 is 1.32 bits per heavy atom. The highest BCUT2D eigenvalue weighted by Crippen LogP contribution is 2.35. The first-order valence-corrected chi connectivity index (χ1v) is 8.53. The van der Waals surface area contributed by atoms with Crippen LogP contribution >= 0.6 is 0 Å². The molecule has 0 fully saturated rings. The Hall–Kier alpha value is -2.37. The van der Waals surface area contributed by atoms with Crippen molar-refractivity contribution in [1.82, 2.24) is 10.3 Å². The molecule has 0 bridgehead atoms.